The molecule has 0 fully saturated rings. The summed E-state index contributed by atoms with van der Waals surface area (Å²) in [5.74, 6) is 0.0922. The van der Waals surface area contributed by atoms with Gasteiger partial charge in [-0.2, -0.15) is 5.10 Å². The third kappa shape index (κ3) is 4.17. The van der Waals surface area contributed by atoms with E-state index in [1.54, 1.807) is 35.3 Å². The first-order valence-corrected chi connectivity index (χ1v) is 10.1. The van der Waals surface area contributed by atoms with Crippen LogP contribution < -0.4 is 0 Å². The van der Waals surface area contributed by atoms with Crippen LogP contribution in [-0.2, 0) is 9.84 Å². The number of sulfone groups is 1. The molecule has 7 heteroatoms. The minimum absolute atomic E-state index is 0.0922. The molecule has 26 heavy (non-hydrogen) atoms. The summed E-state index contributed by atoms with van der Waals surface area (Å²) in [5.41, 5.74) is 2.06. The lowest BCUT2D eigenvalue weighted by Crippen LogP contribution is -2.28. The zero-order valence-corrected chi connectivity index (χ0v) is 15.7. The number of hydrogen-bond donors (Lipinski definition) is 0. The Morgan fingerprint density at radius 3 is 2.38 bits per heavy atom. The standard InChI is InChI=1S/C19H22N4O2S/c1-16(17-8-10-18(11-9-17)23-15-20-14-21-23)22(2)12-13-26(24,25)19-6-4-3-5-7-19/h3-11,14-16H,12-13H2,1-2H3. The number of aromatic nitrogens is 3. The molecule has 0 aliphatic carbocycles. The predicted octanol–water partition coefficient (Wildman–Crippen LogP) is 2.73. The van der Waals surface area contributed by atoms with Gasteiger partial charge in [-0.15, -0.1) is 0 Å². The summed E-state index contributed by atoms with van der Waals surface area (Å²) in [6.07, 6.45) is 3.15. The smallest absolute Gasteiger partial charge is 0.179 e. The Morgan fingerprint density at radius 2 is 1.77 bits per heavy atom. The van der Waals surface area contributed by atoms with Gasteiger partial charge in [-0.3, -0.25) is 4.90 Å². The minimum atomic E-state index is -3.27. The number of benzene rings is 2. The molecule has 1 heterocycles. The highest BCUT2D eigenvalue weighted by Gasteiger charge is 2.18. The number of rotatable bonds is 7. The lowest BCUT2D eigenvalue weighted by molar-refractivity contribution is 0.276. The topological polar surface area (TPSA) is 68.1 Å². The van der Waals surface area contributed by atoms with Crippen LogP contribution in [0, 0.1) is 0 Å². The lowest BCUT2D eigenvalue weighted by atomic mass is 10.1. The molecular weight excluding hydrogens is 348 g/mol. The first-order valence-electron chi connectivity index (χ1n) is 8.40. The Bertz CT molecular complexity index is 923. The van der Waals surface area contributed by atoms with Gasteiger partial charge in [0.1, 0.15) is 12.7 Å². The van der Waals surface area contributed by atoms with Gasteiger partial charge in [-0.1, -0.05) is 30.3 Å². The molecule has 2 aromatic carbocycles. The van der Waals surface area contributed by atoms with Crippen molar-refractivity contribution in [3.05, 3.63) is 72.8 Å². The zero-order chi connectivity index (χ0) is 18.6. The van der Waals surface area contributed by atoms with Crippen molar-refractivity contribution in [1.29, 1.82) is 0 Å². The molecule has 0 amide bonds. The summed E-state index contributed by atoms with van der Waals surface area (Å²) in [6.45, 7) is 2.53. The maximum absolute atomic E-state index is 12.4. The van der Waals surface area contributed by atoms with E-state index in [1.807, 2.05) is 42.3 Å². The summed E-state index contributed by atoms with van der Waals surface area (Å²) >= 11 is 0. The Hall–Kier alpha value is -2.51. The van der Waals surface area contributed by atoms with Crippen molar-refractivity contribution < 1.29 is 8.42 Å². The number of nitrogens with zero attached hydrogens (tertiary/aromatic N) is 4. The molecule has 0 saturated heterocycles. The van der Waals surface area contributed by atoms with Crippen molar-refractivity contribution >= 4 is 9.84 Å². The first-order chi connectivity index (χ1) is 12.5. The van der Waals surface area contributed by atoms with Crippen LogP contribution in [0.3, 0.4) is 0 Å². The van der Waals surface area contributed by atoms with Gasteiger partial charge in [-0.05, 0) is 43.8 Å². The van der Waals surface area contributed by atoms with Crippen LogP contribution in [-0.4, -0.2) is 47.4 Å². The minimum Gasteiger partial charge on any atom is -0.299 e. The van der Waals surface area contributed by atoms with E-state index in [9.17, 15) is 8.42 Å². The summed E-state index contributed by atoms with van der Waals surface area (Å²) in [6, 6.07) is 16.7. The average molecular weight is 370 g/mol. The van der Waals surface area contributed by atoms with Gasteiger partial charge in [0.15, 0.2) is 9.84 Å². The van der Waals surface area contributed by atoms with Crippen LogP contribution in [0.5, 0.6) is 0 Å². The highest BCUT2D eigenvalue weighted by Crippen LogP contribution is 2.21. The first kappa shape index (κ1) is 18.3. The van der Waals surface area contributed by atoms with Crippen LogP contribution in [0.25, 0.3) is 5.69 Å². The Labute approximate surface area is 154 Å². The van der Waals surface area contributed by atoms with Crippen molar-refractivity contribution in [2.75, 3.05) is 19.3 Å². The molecule has 0 spiro atoms. The molecule has 136 valence electrons. The van der Waals surface area contributed by atoms with Crippen molar-refractivity contribution in [3.8, 4) is 5.69 Å². The Morgan fingerprint density at radius 1 is 1.08 bits per heavy atom. The van der Waals surface area contributed by atoms with Gasteiger partial charge < -0.3 is 0 Å². The fraction of sp³-hybridized carbons (Fsp3) is 0.263. The summed E-state index contributed by atoms with van der Waals surface area (Å²) in [4.78, 5) is 6.36. The second-order valence-electron chi connectivity index (χ2n) is 6.22. The molecule has 0 aliphatic heterocycles. The largest absolute Gasteiger partial charge is 0.299 e. The van der Waals surface area contributed by atoms with E-state index in [0.29, 0.717) is 11.4 Å². The normalized spacial score (nSPS) is 13.0. The van der Waals surface area contributed by atoms with Gasteiger partial charge in [0, 0.05) is 12.6 Å². The molecule has 0 saturated carbocycles. The Balaban J connectivity index is 1.63. The van der Waals surface area contributed by atoms with Gasteiger partial charge in [0.2, 0.25) is 0 Å². The molecule has 1 unspecified atom stereocenters. The van der Waals surface area contributed by atoms with E-state index >= 15 is 0 Å². The van der Waals surface area contributed by atoms with Crippen LogP contribution in [0.1, 0.15) is 18.5 Å². The molecule has 3 rings (SSSR count). The third-order valence-corrected chi connectivity index (χ3v) is 6.25. The van der Waals surface area contributed by atoms with E-state index in [4.69, 9.17) is 0 Å². The van der Waals surface area contributed by atoms with Crippen LogP contribution >= 0.6 is 0 Å². The molecular formula is C19H22N4O2S. The van der Waals surface area contributed by atoms with E-state index in [1.165, 1.54) is 6.33 Å². The van der Waals surface area contributed by atoms with Gasteiger partial charge >= 0.3 is 0 Å². The van der Waals surface area contributed by atoms with E-state index in [2.05, 4.69) is 17.0 Å². The van der Waals surface area contributed by atoms with Crippen molar-refractivity contribution in [2.24, 2.45) is 0 Å². The average Bonchev–Trinajstić information content (AvgIpc) is 3.21. The monoisotopic (exact) mass is 370 g/mol. The molecule has 1 aromatic heterocycles. The fourth-order valence-electron chi connectivity index (χ4n) is 2.71. The molecule has 3 aromatic rings. The predicted molar refractivity (Wildman–Crippen MR) is 101 cm³/mol. The quantitative estimate of drug-likeness (QED) is 0.640. The third-order valence-electron chi connectivity index (χ3n) is 4.53. The maximum atomic E-state index is 12.4. The second-order valence-corrected chi connectivity index (χ2v) is 8.33. The summed E-state index contributed by atoms with van der Waals surface area (Å²) in [7, 11) is -1.33. The summed E-state index contributed by atoms with van der Waals surface area (Å²) in [5, 5.41) is 4.11. The SMILES string of the molecule is CC(c1ccc(-n2cncn2)cc1)N(C)CCS(=O)(=O)c1ccccc1. The van der Waals surface area contributed by atoms with Crippen LogP contribution in [0.4, 0.5) is 0 Å². The van der Waals surface area contributed by atoms with Crippen LogP contribution in [0.15, 0.2) is 72.1 Å². The molecule has 0 aliphatic rings. The Kier molecular flexibility index (Phi) is 5.49. The van der Waals surface area contributed by atoms with E-state index in [-0.39, 0.29) is 11.8 Å². The zero-order valence-electron chi connectivity index (χ0n) is 14.9. The highest BCUT2D eigenvalue weighted by molar-refractivity contribution is 7.91. The molecule has 0 radical (unpaired) electrons. The van der Waals surface area contributed by atoms with Crippen molar-refractivity contribution in [2.45, 2.75) is 17.9 Å². The fourth-order valence-corrected chi connectivity index (χ4v) is 4.04. The van der Waals surface area contributed by atoms with Crippen LogP contribution in [0.2, 0.25) is 0 Å². The molecule has 6 nitrogen and oxygen atoms in total. The second kappa shape index (κ2) is 7.80. The molecule has 0 N–H and O–H groups in total. The molecule has 1 atom stereocenters. The summed E-state index contributed by atoms with van der Waals surface area (Å²) < 4.78 is 26.6. The van der Waals surface area contributed by atoms with Gasteiger partial charge in [0.05, 0.1) is 16.3 Å². The van der Waals surface area contributed by atoms with Gasteiger partial charge in [0.25, 0.3) is 0 Å². The van der Waals surface area contributed by atoms with E-state index < -0.39 is 9.84 Å². The lowest BCUT2D eigenvalue weighted by Gasteiger charge is -2.25. The van der Waals surface area contributed by atoms with Crippen molar-refractivity contribution in [3.63, 3.8) is 0 Å². The number of hydrogen-bond acceptors (Lipinski definition) is 5. The maximum Gasteiger partial charge on any atom is 0.179 e. The molecule has 0 bridgehead atoms. The highest BCUT2D eigenvalue weighted by atomic mass is 32.2. The van der Waals surface area contributed by atoms with E-state index in [0.717, 1.165) is 11.3 Å². The van der Waals surface area contributed by atoms with Crippen molar-refractivity contribution in [1.82, 2.24) is 19.7 Å². The van der Waals surface area contributed by atoms with Gasteiger partial charge in [-0.25, -0.2) is 18.1 Å².